The fourth-order valence-corrected chi connectivity index (χ4v) is 12.4. The molecule has 1 fully saturated rings. The third kappa shape index (κ3) is 11.0. The van der Waals surface area contributed by atoms with Crippen molar-refractivity contribution in [3.05, 3.63) is 136 Å². The predicted molar refractivity (Wildman–Crippen MR) is 302 cm³/mol. The van der Waals surface area contributed by atoms with E-state index in [0.29, 0.717) is 85.0 Å². The number of hydrogen-bond acceptors (Lipinski definition) is 18. The zero-order chi connectivity index (χ0) is 58.7. The highest BCUT2D eigenvalue weighted by Gasteiger charge is 2.53. The molecular weight excluding hydrogens is 1060 g/mol. The topological polar surface area (TPSA) is 182 Å². The zero-order valence-electron chi connectivity index (χ0n) is 48.9. The minimum Gasteiger partial charge on any atom is -0.497 e. The van der Waals surface area contributed by atoms with Gasteiger partial charge in [-0.1, -0.05) is 43.5 Å². The number of allylic oxidation sites excluding steroid dienone is 2. The van der Waals surface area contributed by atoms with E-state index in [4.69, 9.17) is 75.8 Å². The number of esters is 2. The Kier molecular flexibility index (Phi) is 17.8. The summed E-state index contributed by atoms with van der Waals surface area (Å²) in [5, 5.41) is 0. The molecule has 5 aromatic rings. The first kappa shape index (κ1) is 58.5. The fraction of sp³-hybridized carbons (Fsp3) is 0.438. The molecular formula is C64H74O18. The average Bonchev–Trinajstić information content (AvgIpc) is 1.30. The smallest absolute Gasteiger partial charge is 0.303 e. The molecule has 3 aliphatic heterocycles. The summed E-state index contributed by atoms with van der Waals surface area (Å²) in [6.45, 7) is 14.7. The van der Waals surface area contributed by atoms with E-state index in [2.05, 4.69) is 13.2 Å². The summed E-state index contributed by atoms with van der Waals surface area (Å²) < 4.78 is 103. The van der Waals surface area contributed by atoms with Crippen LogP contribution in [0.1, 0.15) is 122 Å². The molecule has 1 saturated carbocycles. The first-order chi connectivity index (χ1) is 39.6. The van der Waals surface area contributed by atoms with E-state index in [1.54, 1.807) is 79.7 Å². The number of methoxy groups -OCH3 is 9. The van der Waals surface area contributed by atoms with Gasteiger partial charge in [0.2, 0.25) is 17.2 Å². The van der Waals surface area contributed by atoms with Crippen LogP contribution in [-0.2, 0) is 33.3 Å². The summed E-state index contributed by atoms with van der Waals surface area (Å²) in [4.78, 5) is 27.5. The maximum atomic E-state index is 13.9. The van der Waals surface area contributed by atoms with Crippen LogP contribution in [0.5, 0.6) is 63.2 Å². The molecule has 3 heterocycles. The van der Waals surface area contributed by atoms with Gasteiger partial charge in [0, 0.05) is 48.8 Å². The van der Waals surface area contributed by atoms with Crippen molar-refractivity contribution in [3.63, 3.8) is 0 Å². The van der Waals surface area contributed by atoms with Crippen LogP contribution in [0.25, 0.3) is 0 Å². The van der Waals surface area contributed by atoms with Gasteiger partial charge in [-0.3, -0.25) is 9.59 Å². The van der Waals surface area contributed by atoms with Crippen LogP contribution in [0, 0.1) is 5.92 Å². The van der Waals surface area contributed by atoms with Gasteiger partial charge in [-0.05, 0) is 99.0 Å². The lowest BCUT2D eigenvalue weighted by molar-refractivity contribution is -0.154. The molecule has 0 aromatic heterocycles. The second-order valence-electron chi connectivity index (χ2n) is 20.7. The zero-order valence-corrected chi connectivity index (χ0v) is 48.9. The first-order valence-electron chi connectivity index (χ1n) is 27.2. The molecule has 0 N–H and O–H groups in total. The number of ether oxygens (including phenoxy) is 16. The molecule has 18 heteroatoms. The summed E-state index contributed by atoms with van der Waals surface area (Å²) in [6.07, 6.45) is -3.00. The van der Waals surface area contributed by atoms with Crippen LogP contribution >= 0.6 is 0 Å². The normalized spacial score (nSPS) is 24.1. The predicted octanol–water partition coefficient (Wildman–Crippen LogP) is 11.6. The second-order valence-corrected chi connectivity index (χ2v) is 20.7. The van der Waals surface area contributed by atoms with Crippen LogP contribution in [0.3, 0.4) is 0 Å². The van der Waals surface area contributed by atoms with Gasteiger partial charge in [-0.2, -0.15) is 0 Å². The van der Waals surface area contributed by atoms with Crippen molar-refractivity contribution in [2.24, 2.45) is 5.92 Å². The molecule has 9 atom stereocenters. The quantitative estimate of drug-likeness (QED) is 0.0529. The number of fused-ring (bicyclic) bond motifs is 3. The van der Waals surface area contributed by atoms with Crippen molar-refractivity contribution in [2.75, 3.05) is 64.0 Å². The maximum Gasteiger partial charge on any atom is 0.303 e. The molecule has 0 amide bonds. The van der Waals surface area contributed by atoms with E-state index in [1.165, 1.54) is 42.3 Å². The molecule has 9 rings (SSSR count). The van der Waals surface area contributed by atoms with Gasteiger partial charge < -0.3 is 75.8 Å². The lowest BCUT2D eigenvalue weighted by Crippen LogP contribution is -2.48. The van der Waals surface area contributed by atoms with Crippen LogP contribution < -0.4 is 52.1 Å². The Morgan fingerprint density at radius 3 is 1.32 bits per heavy atom. The average molecular weight is 1130 g/mol. The van der Waals surface area contributed by atoms with Crippen molar-refractivity contribution in [3.8, 4) is 63.2 Å². The SMILES string of the molecule is C=C(C)OC1c2cc(C3c4cc(C5c6ccc(OC)c(OC)c6OC(c6ccc(OC)cc6)C5OC(C)=O)c(OC)c(OC)c4OC(c4ccc(OC)cc4)C3OC(C)=O)c(OC)c(OC)c2OC(C2CCC(OC)CC2)C1OC(=C)C. The van der Waals surface area contributed by atoms with Gasteiger partial charge >= 0.3 is 11.9 Å². The summed E-state index contributed by atoms with van der Waals surface area (Å²) >= 11 is 0. The third-order valence-corrected chi connectivity index (χ3v) is 15.8. The van der Waals surface area contributed by atoms with Crippen molar-refractivity contribution in [1.82, 2.24) is 0 Å². The molecule has 4 aliphatic rings. The third-order valence-electron chi connectivity index (χ3n) is 15.8. The van der Waals surface area contributed by atoms with E-state index >= 15 is 0 Å². The molecule has 438 valence electrons. The minimum absolute atomic E-state index is 0.0221. The lowest BCUT2D eigenvalue weighted by Gasteiger charge is -2.45. The van der Waals surface area contributed by atoms with Gasteiger partial charge in [0.05, 0.1) is 86.3 Å². The number of carbonyl (C=O) groups is 2. The Morgan fingerprint density at radius 2 is 0.890 bits per heavy atom. The highest BCUT2D eigenvalue weighted by atomic mass is 16.6. The number of benzene rings is 5. The maximum absolute atomic E-state index is 13.9. The molecule has 0 radical (unpaired) electrons. The minimum atomic E-state index is -1.17. The van der Waals surface area contributed by atoms with Crippen LogP contribution in [0.2, 0.25) is 0 Å². The van der Waals surface area contributed by atoms with Gasteiger partial charge in [0.1, 0.15) is 17.6 Å². The van der Waals surface area contributed by atoms with Gasteiger partial charge in [0.15, 0.2) is 71.1 Å². The largest absolute Gasteiger partial charge is 0.497 e. The first-order valence-corrected chi connectivity index (χ1v) is 27.2. The Bertz CT molecular complexity index is 3140. The standard InChI is InChI=1S/C64H74O18/c1-32(2)76-58-46-31-44(54(72-12)63(75-15)57(46)82-52(64(58)77-33(3)4)38-20-26-41(69-9)27-21-38)49-45-30-43(53(71-11)62(74-14)56(45)81-51(61(49)79-35(6)66)37-18-24-40(68-8)25-19-37)48-42-28-29-47(70-10)59(73-13)55(42)80-50(60(48)78-34(5)65)36-16-22-39(67-7)23-17-36/h16-19,22-25,28-31,38,41,48-52,58,60-61,64H,1,3,20-21,26-27H2,2,4-15H3. The Morgan fingerprint density at radius 1 is 0.439 bits per heavy atom. The molecule has 9 unspecified atom stereocenters. The molecule has 1 aliphatic carbocycles. The van der Waals surface area contributed by atoms with Crippen LogP contribution in [-0.4, -0.2) is 106 Å². The van der Waals surface area contributed by atoms with Crippen molar-refractivity contribution in [2.45, 2.75) is 114 Å². The Hall–Kier alpha value is -8.12. The van der Waals surface area contributed by atoms with Gasteiger partial charge in [-0.15, -0.1) is 0 Å². The molecule has 18 nitrogen and oxygen atoms in total. The molecule has 5 aromatic carbocycles. The molecule has 0 saturated heterocycles. The van der Waals surface area contributed by atoms with E-state index in [1.807, 2.05) is 42.5 Å². The monoisotopic (exact) mass is 1130 g/mol. The summed E-state index contributed by atoms with van der Waals surface area (Å²) in [5.74, 6) is 1.53. The highest BCUT2D eigenvalue weighted by Crippen LogP contribution is 2.63. The molecule has 82 heavy (non-hydrogen) atoms. The number of carbonyl (C=O) groups excluding carboxylic acids is 2. The van der Waals surface area contributed by atoms with E-state index in [9.17, 15) is 9.59 Å². The summed E-state index contributed by atoms with van der Waals surface area (Å²) in [6, 6.07) is 22.0. The highest BCUT2D eigenvalue weighted by molar-refractivity contribution is 5.73. The lowest BCUT2D eigenvalue weighted by atomic mass is 9.74. The Labute approximate surface area is 479 Å². The Balaban J connectivity index is 1.38. The van der Waals surface area contributed by atoms with Crippen molar-refractivity contribution in [1.29, 1.82) is 0 Å². The molecule has 0 spiro atoms. The van der Waals surface area contributed by atoms with Crippen LogP contribution in [0.15, 0.2) is 97.5 Å². The summed E-state index contributed by atoms with van der Waals surface area (Å²) in [5.41, 5.74) is 3.76. The number of rotatable bonds is 20. The van der Waals surface area contributed by atoms with E-state index in [0.717, 1.165) is 25.7 Å². The van der Waals surface area contributed by atoms with E-state index < -0.39 is 66.5 Å². The van der Waals surface area contributed by atoms with Crippen LogP contribution in [0.4, 0.5) is 0 Å². The number of hydrogen-bond donors (Lipinski definition) is 0. The molecule has 0 bridgehead atoms. The fourth-order valence-electron chi connectivity index (χ4n) is 12.4. The van der Waals surface area contributed by atoms with Crippen molar-refractivity contribution < 1.29 is 85.4 Å². The van der Waals surface area contributed by atoms with E-state index in [-0.39, 0.29) is 40.8 Å². The van der Waals surface area contributed by atoms with Gasteiger partial charge in [-0.25, -0.2) is 0 Å². The summed E-state index contributed by atoms with van der Waals surface area (Å²) in [7, 11) is 14.1. The van der Waals surface area contributed by atoms with Crippen molar-refractivity contribution >= 4 is 11.9 Å². The van der Waals surface area contributed by atoms with Gasteiger partial charge in [0.25, 0.3) is 0 Å². The second kappa shape index (κ2) is 24.9.